The van der Waals surface area contributed by atoms with Crippen molar-refractivity contribution in [3.05, 3.63) is 23.8 Å². The van der Waals surface area contributed by atoms with Crippen LogP contribution in [0.4, 0.5) is 0 Å². The van der Waals surface area contributed by atoms with Crippen LogP contribution in [0.15, 0.2) is 23.8 Å². The first-order valence-electron chi connectivity index (χ1n) is 6.58. The summed E-state index contributed by atoms with van der Waals surface area (Å²) in [5.74, 6) is -1.21. The van der Waals surface area contributed by atoms with Crippen molar-refractivity contribution < 1.29 is 24.5 Å². The molecule has 1 saturated heterocycles. The highest BCUT2D eigenvalue weighted by Gasteiger charge is 2.67. The minimum absolute atomic E-state index is 0.0765. The van der Waals surface area contributed by atoms with E-state index < -0.39 is 22.6 Å². The molecule has 2 rings (SSSR count). The van der Waals surface area contributed by atoms with Gasteiger partial charge in [-0.2, -0.15) is 0 Å². The smallest absolute Gasteiger partial charge is 0.136 e. The van der Waals surface area contributed by atoms with Gasteiger partial charge in [-0.3, -0.25) is 4.79 Å². The third-order valence-electron chi connectivity index (χ3n) is 4.49. The van der Waals surface area contributed by atoms with Crippen LogP contribution in [0.5, 0.6) is 0 Å². The minimum atomic E-state index is -1.30. The molecule has 3 atom stereocenters. The quantitative estimate of drug-likeness (QED) is 0.586. The van der Waals surface area contributed by atoms with Gasteiger partial charge in [0.2, 0.25) is 0 Å². The Kier molecular flexibility index (Phi) is 3.38. The van der Waals surface area contributed by atoms with E-state index in [0.717, 1.165) is 6.08 Å². The molecular formula is C15H19O5-. The zero-order valence-corrected chi connectivity index (χ0v) is 11.9. The Morgan fingerprint density at radius 1 is 1.40 bits per heavy atom. The number of carboxylic acids is 1. The molecule has 1 saturated carbocycles. The van der Waals surface area contributed by atoms with Crippen LogP contribution in [0, 0.1) is 5.41 Å². The highest BCUT2D eigenvalue weighted by atomic mass is 16.5. The minimum Gasteiger partial charge on any atom is -0.545 e. The predicted molar refractivity (Wildman–Crippen MR) is 69.6 cm³/mol. The van der Waals surface area contributed by atoms with Crippen LogP contribution in [0.1, 0.15) is 33.6 Å². The van der Waals surface area contributed by atoms with Crippen LogP contribution in [0.2, 0.25) is 0 Å². The lowest BCUT2D eigenvalue weighted by Gasteiger charge is -2.47. The molecule has 110 valence electrons. The molecule has 2 aliphatic rings. The van der Waals surface area contributed by atoms with Crippen LogP contribution in [-0.4, -0.2) is 34.7 Å². The van der Waals surface area contributed by atoms with Crippen LogP contribution in [0.25, 0.3) is 0 Å². The fourth-order valence-electron chi connectivity index (χ4n) is 3.29. The van der Waals surface area contributed by atoms with Gasteiger partial charge in [0, 0.05) is 18.3 Å². The lowest BCUT2D eigenvalue weighted by Crippen LogP contribution is -2.60. The first kappa shape index (κ1) is 14.9. The molecule has 0 aromatic carbocycles. The monoisotopic (exact) mass is 279 g/mol. The van der Waals surface area contributed by atoms with Gasteiger partial charge < -0.3 is 19.7 Å². The van der Waals surface area contributed by atoms with Gasteiger partial charge in [-0.15, -0.1) is 0 Å². The first-order valence-corrected chi connectivity index (χ1v) is 6.58. The van der Waals surface area contributed by atoms with Gasteiger partial charge >= 0.3 is 0 Å². The second kappa shape index (κ2) is 4.53. The summed E-state index contributed by atoms with van der Waals surface area (Å²) in [5, 5.41) is 21.5. The van der Waals surface area contributed by atoms with Crippen molar-refractivity contribution in [2.75, 3.05) is 6.61 Å². The largest absolute Gasteiger partial charge is 0.545 e. The highest BCUT2D eigenvalue weighted by molar-refractivity contribution is 5.83. The van der Waals surface area contributed by atoms with Gasteiger partial charge in [0.05, 0.1) is 12.6 Å². The van der Waals surface area contributed by atoms with Gasteiger partial charge in [0.1, 0.15) is 17.0 Å². The van der Waals surface area contributed by atoms with Crippen molar-refractivity contribution in [3.63, 3.8) is 0 Å². The summed E-state index contributed by atoms with van der Waals surface area (Å²) in [4.78, 5) is 22.3. The Labute approximate surface area is 117 Å². The fourth-order valence-corrected chi connectivity index (χ4v) is 3.29. The van der Waals surface area contributed by atoms with Gasteiger partial charge in [0.15, 0.2) is 0 Å². The first-order chi connectivity index (χ1) is 9.12. The summed E-state index contributed by atoms with van der Waals surface area (Å²) in [6, 6.07) is 0. The van der Waals surface area contributed by atoms with Gasteiger partial charge in [-0.25, -0.2) is 0 Å². The molecule has 0 unspecified atom stereocenters. The molecule has 2 fully saturated rings. The maximum atomic E-state index is 11.8. The Morgan fingerprint density at radius 2 is 2.05 bits per heavy atom. The standard InChI is InChI=1S/C15H20O5/c1-10(6-12(17)18)4-5-15(19)13(2)7-11(16)8-14(15,3)20-9-13/h4-6,19H,7-9H2,1-3H3,(H,17,18)/p-1/b5-4+,10-6-/t13-,14+,15-/m0/s1. The van der Waals surface area contributed by atoms with Crippen molar-refractivity contribution in [2.24, 2.45) is 5.41 Å². The van der Waals surface area contributed by atoms with E-state index in [1.165, 1.54) is 6.08 Å². The molecule has 0 spiro atoms. The van der Waals surface area contributed by atoms with Gasteiger partial charge in [-0.1, -0.05) is 13.0 Å². The number of ketones is 1. The number of hydrogen-bond donors (Lipinski definition) is 1. The number of carbonyl (C=O) groups excluding carboxylic acids is 2. The van der Waals surface area contributed by atoms with E-state index in [1.54, 1.807) is 19.9 Å². The molecule has 1 aliphatic heterocycles. The maximum Gasteiger partial charge on any atom is 0.136 e. The predicted octanol–water partition coefficient (Wildman–Crippen LogP) is 0.128. The maximum absolute atomic E-state index is 11.8. The Morgan fingerprint density at radius 3 is 2.60 bits per heavy atom. The Hall–Kier alpha value is -1.46. The number of Topliss-reactive ketones (excluding diaryl/α,β-unsaturated/α-hetero) is 1. The molecule has 2 bridgehead atoms. The van der Waals surface area contributed by atoms with E-state index >= 15 is 0 Å². The zero-order valence-electron chi connectivity index (χ0n) is 11.9. The number of carbonyl (C=O) groups is 2. The summed E-state index contributed by atoms with van der Waals surface area (Å²) in [5.41, 5.74) is -2.48. The van der Waals surface area contributed by atoms with Crippen molar-refractivity contribution >= 4 is 11.8 Å². The number of hydrogen-bond acceptors (Lipinski definition) is 5. The van der Waals surface area contributed by atoms with Crippen molar-refractivity contribution in [1.82, 2.24) is 0 Å². The number of ether oxygens (including phenoxy) is 1. The number of aliphatic carboxylic acids is 1. The third kappa shape index (κ3) is 2.11. The van der Waals surface area contributed by atoms with Crippen molar-refractivity contribution in [3.8, 4) is 0 Å². The van der Waals surface area contributed by atoms with E-state index in [2.05, 4.69) is 0 Å². The normalized spacial score (nSPS) is 41.4. The second-order valence-electron chi connectivity index (χ2n) is 6.28. The van der Waals surface area contributed by atoms with Gasteiger partial charge in [0.25, 0.3) is 0 Å². The summed E-state index contributed by atoms with van der Waals surface area (Å²) < 4.78 is 5.70. The summed E-state index contributed by atoms with van der Waals surface area (Å²) in [6.07, 6.45) is 4.47. The average Bonchev–Trinajstić information content (AvgIpc) is 2.43. The number of fused-ring (bicyclic) bond motifs is 2. The van der Waals surface area contributed by atoms with Crippen LogP contribution < -0.4 is 5.11 Å². The van der Waals surface area contributed by atoms with Crippen LogP contribution in [0.3, 0.4) is 0 Å². The molecule has 1 aliphatic carbocycles. The zero-order chi connectivity index (χ0) is 15.2. The molecule has 1 N–H and O–H groups in total. The van der Waals surface area contributed by atoms with E-state index in [1.807, 2.05) is 6.92 Å². The topological polar surface area (TPSA) is 86.7 Å². The molecule has 5 nitrogen and oxygen atoms in total. The molecule has 0 radical (unpaired) electrons. The van der Waals surface area contributed by atoms with Crippen molar-refractivity contribution in [1.29, 1.82) is 0 Å². The Bertz CT molecular complexity index is 496. The average molecular weight is 279 g/mol. The van der Waals surface area contributed by atoms with Crippen molar-refractivity contribution in [2.45, 2.75) is 44.8 Å². The fraction of sp³-hybridized carbons (Fsp3) is 0.600. The molecule has 5 heteroatoms. The third-order valence-corrected chi connectivity index (χ3v) is 4.49. The number of rotatable bonds is 3. The van der Waals surface area contributed by atoms with E-state index in [4.69, 9.17) is 4.74 Å². The lowest BCUT2D eigenvalue weighted by molar-refractivity contribution is -0.297. The molecule has 0 aromatic heterocycles. The lowest BCUT2D eigenvalue weighted by atomic mass is 9.59. The molecule has 1 heterocycles. The van der Waals surface area contributed by atoms with Gasteiger partial charge in [-0.05, 0) is 31.6 Å². The summed E-state index contributed by atoms with van der Waals surface area (Å²) in [6.45, 7) is 5.45. The molecular weight excluding hydrogens is 260 g/mol. The summed E-state index contributed by atoms with van der Waals surface area (Å²) >= 11 is 0. The Balaban J connectivity index is 2.36. The van der Waals surface area contributed by atoms with Crippen LogP contribution >= 0.6 is 0 Å². The van der Waals surface area contributed by atoms with E-state index in [0.29, 0.717) is 12.2 Å². The number of carboxylic acid groups (broad SMARTS) is 1. The van der Waals surface area contributed by atoms with E-state index in [-0.39, 0.29) is 18.6 Å². The second-order valence-corrected chi connectivity index (χ2v) is 6.28. The number of allylic oxidation sites excluding steroid dienone is 2. The summed E-state index contributed by atoms with van der Waals surface area (Å²) in [7, 11) is 0. The highest BCUT2D eigenvalue weighted by Crippen LogP contribution is 2.56. The molecule has 0 aromatic rings. The SMILES string of the molecule is CC(=C/C(=O)[O-])/C=C/[C@]1(O)[C@]2(C)CO[C@]1(C)CC(=O)C2. The molecule has 20 heavy (non-hydrogen) atoms. The van der Waals surface area contributed by atoms with E-state index in [9.17, 15) is 19.8 Å². The molecule has 0 amide bonds. The van der Waals surface area contributed by atoms with Crippen LogP contribution in [-0.2, 0) is 14.3 Å². The number of aliphatic hydroxyl groups is 1.